The molecule has 0 aliphatic carbocycles. The number of Topliss-reactive ketones (excluding diaryl/α,β-unsaturated/α-hetero) is 2. The van der Waals surface area contributed by atoms with E-state index in [1.807, 2.05) is 0 Å². The standard InChI is InChI=1S/C42H78N8O10/c1-3-4-5-6-7-8-9-10-11-12-13-14-15-21-37(55)48-34(29-52)41(60)50-33(28-51)36(54)27-31(20-18-25-47-42(44)45)40(59)49-32(22-23-38(56)57)35(53)26-30(39(58)46-2)19-16-17-24-43/h30-34,51-52H,3-29,43H2,1-2H3,(H,46,58)(H,48,55)(H,49,59)(H,50,60)(H,56,57)(H4,44,45,47)/t30-,31-,32+,33+,34+/m1/s1. The van der Waals surface area contributed by atoms with E-state index in [1.165, 1.54) is 58.4 Å². The minimum atomic E-state index is -1.51. The predicted molar refractivity (Wildman–Crippen MR) is 230 cm³/mol. The minimum absolute atomic E-state index is 0.0226. The fourth-order valence-corrected chi connectivity index (χ4v) is 6.84. The molecule has 0 rings (SSSR count). The summed E-state index contributed by atoms with van der Waals surface area (Å²) in [5, 5.41) is 39.3. The number of hydrogen-bond acceptors (Lipinski definition) is 11. The number of carbonyl (C=O) groups is 7. The van der Waals surface area contributed by atoms with Gasteiger partial charge in [0.2, 0.25) is 23.6 Å². The zero-order valence-electron chi connectivity index (χ0n) is 36.4. The van der Waals surface area contributed by atoms with Gasteiger partial charge in [-0.05, 0) is 45.1 Å². The van der Waals surface area contributed by atoms with E-state index in [9.17, 15) is 48.9 Å². The molecule has 0 bridgehead atoms. The second-order valence-electron chi connectivity index (χ2n) is 15.6. The summed E-state index contributed by atoms with van der Waals surface area (Å²) in [6.45, 7) is 1.08. The Morgan fingerprint density at radius 2 is 1.07 bits per heavy atom. The number of rotatable bonds is 39. The third-order valence-electron chi connectivity index (χ3n) is 10.5. The highest BCUT2D eigenvalue weighted by atomic mass is 16.4. The Hall–Kier alpha value is -4.16. The molecule has 0 aromatic rings. The zero-order chi connectivity index (χ0) is 45.1. The molecule has 0 radical (unpaired) electrons. The van der Waals surface area contributed by atoms with Crippen molar-refractivity contribution in [1.82, 2.24) is 21.3 Å². The highest BCUT2D eigenvalue weighted by Gasteiger charge is 2.33. The molecule has 0 saturated carbocycles. The van der Waals surface area contributed by atoms with Gasteiger partial charge < -0.3 is 53.8 Å². The molecule has 0 aromatic heterocycles. The highest BCUT2D eigenvalue weighted by molar-refractivity contribution is 5.96. The average molecular weight is 855 g/mol. The molecule has 13 N–H and O–H groups in total. The number of nitrogens with zero attached hydrogens (tertiary/aromatic N) is 1. The molecule has 4 amide bonds. The predicted octanol–water partition coefficient (Wildman–Crippen LogP) is 1.85. The summed E-state index contributed by atoms with van der Waals surface area (Å²) in [5.41, 5.74) is 16.4. The van der Waals surface area contributed by atoms with E-state index in [1.54, 1.807) is 0 Å². The van der Waals surface area contributed by atoms with Crippen LogP contribution in [-0.2, 0) is 33.6 Å². The van der Waals surface area contributed by atoms with Crippen LogP contribution in [-0.4, -0.2) is 114 Å². The van der Waals surface area contributed by atoms with Crippen molar-refractivity contribution < 1.29 is 48.9 Å². The fourth-order valence-electron chi connectivity index (χ4n) is 6.84. The molecule has 60 heavy (non-hydrogen) atoms. The van der Waals surface area contributed by atoms with Gasteiger partial charge in [-0.1, -0.05) is 90.4 Å². The summed E-state index contributed by atoms with van der Waals surface area (Å²) < 4.78 is 0. The lowest BCUT2D eigenvalue weighted by atomic mass is 9.90. The van der Waals surface area contributed by atoms with Gasteiger partial charge in [0.15, 0.2) is 17.5 Å². The molecule has 0 unspecified atom stereocenters. The van der Waals surface area contributed by atoms with E-state index in [0.29, 0.717) is 32.2 Å². The Morgan fingerprint density at radius 3 is 1.57 bits per heavy atom. The minimum Gasteiger partial charge on any atom is -0.481 e. The Bertz CT molecular complexity index is 1300. The highest BCUT2D eigenvalue weighted by Crippen LogP contribution is 2.19. The molecule has 0 spiro atoms. The number of aliphatic carboxylic acids is 1. The fraction of sp³-hybridized carbons (Fsp3) is 0.810. The van der Waals surface area contributed by atoms with Crippen molar-refractivity contribution in [3.8, 4) is 0 Å². The van der Waals surface area contributed by atoms with Crippen LogP contribution in [0.2, 0.25) is 0 Å². The lowest BCUT2D eigenvalue weighted by molar-refractivity contribution is -0.138. The van der Waals surface area contributed by atoms with Crippen molar-refractivity contribution in [2.24, 2.45) is 34.0 Å². The van der Waals surface area contributed by atoms with Gasteiger partial charge in [0.05, 0.1) is 19.3 Å². The second kappa shape index (κ2) is 35.6. The summed E-state index contributed by atoms with van der Waals surface area (Å²) in [5.74, 6) is -7.11. The largest absolute Gasteiger partial charge is 0.481 e. The molecule has 0 saturated heterocycles. The smallest absolute Gasteiger partial charge is 0.303 e. The maximum atomic E-state index is 13.7. The van der Waals surface area contributed by atoms with Crippen LogP contribution in [0, 0.1) is 11.8 Å². The number of carboxylic acids is 1. The van der Waals surface area contributed by atoms with Crippen LogP contribution in [0.25, 0.3) is 0 Å². The lowest BCUT2D eigenvalue weighted by Crippen LogP contribution is -2.54. The first-order valence-electron chi connectivity index (χ1n) is 22.1. The Morgan fingerprint density at radius 1 is 0.567 bits per heavy atom. The quantitative estimate of drug-likeness (QED) is 0.0240. The van der Waals surface area contributed by atoms with Crippen molar-refractivity contribution >= 4 is 47.1 Å². The molecule has 0 heterocycles. The Kier molecular flexibility index (Phi) is 33.1. The number of aliphatic imine (C=N–C) groups is 1. The van der Waals surface area contributed by atoms with Gasteiger partial charge >= 0.3 is 5.97 Å². The number of carboxylic acid groups (broad SMARTS) is 1. The molecule has 0 aliphatic rings. The van der Waals surface area contributed by atoms with Gasteiger partial charge in [-0.2, -0.15) is 0 Å². The maximum absolute atomic E-state index is 13.7. The monoisotopic (exact) mass is 855 g/mol. The van der Waals surface area contributed by atoms with E-state index < -0.39 is 91.3 Å². The van der Waals surface area contributed by atoms with Gasteiger partial charge in [0.1, 0.15) is 12.1 Å². The number of aliphatic hydroxyl groups is 2. The van der Waals surface area contributed by atoms with Crippen LogP contribution >= 0.6 is 0 Å². The molecule has 5 atom stereocenters. The van der Waals surface area contributed by atoms with Gasteiger partial charge in [-0.15, -0.1) is 0 Å². The van der Waals surface area contributed by atoms with Crippen molar-refractivity contribution in [2.75, 3.05) is 33.4 Å². The normalized spacial score (nSPS) is 13.6. The van der Waals surface area contributed by atoms with Crippen LogP contribution < -0.4 is 38.5 Å². The van der Waals surface area contributed by atoms with E-state index in [4.69, 9.17) is 17.2 Å². The molecule has 18 heteroatoms. The number of guanidine groups is 1. The van der Waals surface area contributed by atoms with E-state index in [-0.39, 0.29) is 50.5 Å². The molecule has 0 fully saturated rings. The van der Waals surface area contributed by atoms with Crippen molar-refractivity contribution in [2.45, 2.75) is 173 Å². The number of ketones is 2. The van der Waals surface area contributed by atoms with Gasteiger partial charge in [-0.25, -0.2) is 0 Å². The number of unbranched alkanes of at least 4 members (excludes halogenated alkanes) is 13. The van der Waals surface area contributed by atoms with Crippen molar-refractivity contribution in [3.05, 3.63) is 0 Å². The van der Waals surface area contributed by atoms with E-state index >= 15 is 0 Å². The Balaban J connectivity index is 5.48. The topological polar surface area (TPSA) is 319 Å². The van der Waals surface area contributed by atoms with Gasteiger partial charge in [0, 0.05) is 51.1 Å². The summed E-state index contributed by atoms with van der Waals surface area (Å²) >= 11 is 0. The maximum Gasteiger partial charge on any atom is 0.303 e. The third-order valence-corrected chi connectivity index (χ3v) is 10.5. The van der Waals surface area contributed by atoms with Crippen LogP contribution in [0.1, 0.15) is 155 Å². The summed E-state index contributed by atoms with van der Waals surface area (Å²) in [4.78, 5) is 94.3. The number of aliphatic hydroxyl groups excluding tert-OH is 2. The molecule has 18 nitrogen and oxygen atoms in total. The first-order chi connectivity index (χ1) is 28.7. The number of amides is 4. The SMILES string of the molecule is CCCCCCCCCCCCCCCC(=O)N[C@@H](CO)C(=O)N[C@@H](CO)C(=O)C[C@@H](CCCN=C(N)N)C(=O)N[C@@H](CCC(=O)O)C(=O)C[C@@H](CCCCN)C(=O)NC. The zero-order valence-corrected chi connectivity index (χ0v) is 36.4. The van der Waals surface area contributed by atoms with E-state index in [2.05, 4.69) is 33.2 Å². The first-order valence-corrected chi connectivity index (χ1v) is 22.1. The molecule has 346 valence electrons. The number of nitrogens with two attached hydrogens (primary N) is 3. The molecular formula is C42H78N8O10. The summed E-state index contributed by atoms with van der Waals surface area (Å²) in [7, 11) is 1.43. The van der Waals surface area contributed by atoms with Crippen LogP contribution in [0.3, 0.4) is 0 Å². The van der Waals surface area contributed by atoms with E-state index in [0.717, 1.165) is 25.7 Å². The summed E-state index contributed by atoms with van der Waals surface area (Å²) in [6.07, 6.45) is 15.3. The number of nitrogens with one attached hydrogen (secondary N) is 4. The summed E-state index contributed by atoms with van der Waals surface area (Å²) in [6, 6.07) is -4.20. The van der Waals surface area contributed by atoms with Gasteiger partial charge in [0.25, 0.3) is 0 Å². The molecular weight excluding hydrogens is 777 g/mol. The first kappa shape index (κ1) is 55.8. The third kappa shape index (κ3) is 27.6. The lowest BCUT2D eigenvalue weighted by Gasteiger charge is -2.25. The van der Waals surface area contributed by atoms with Crippen molar-refractivity contribution in [3.63, 3.8) is 0 Å². The van der Waals surface area contributed by atoms with Crippen LogP contribution in [0.15, 0.2) is 4.99 Å². The molecule has 0 aromatic carbocycles. The number of carbonyl (C=O) groups excluding carboxylic acids is 6. The number of hydrogen-bond donors (Lipinski definition) is 10. The molecule has 0 aliphatic heterocycles. The van der Waals surface area contributed by atoms with Gasteiger partial charge in [-0.3, -0.25) is 38.6 Å². The second-order valence-corrected chi connectivity index (χ2v) is 15.6. The average Bonchev–Trinajstić information content (AvgIpc) is 3.21. The van der Waals surface area contributed by atoms with Crippen LogP contribution in [0.4, 0.5) is 0 Å². The van der Waals surface area contributed by atoms with Crippen molar-refractivity contribution in [1.29, 1.82) is 0 Å². The Labute approximate surface area is 356 Å². The van der Waals surface area contributed by atoms with Crippen LogP contribution in [0.5, 0.6) is 0 Å².